The Hall–Kier alpha value is -1.16. The van der Waals surface area contributed by atoms with Crippen molar-refractivity contribution in [2.75, 3.05) is 0 Å². The highest BCUT2D eigenvalue weighted by Gasteiger charge is 2.50. The van der Waals surface area contributed by atoms with Crippen LogP contribution in [0.4, 0.5) is 0 Å². The lowest BCUT2D eigenvalue weighted by Crippen LogP contribution is -2.46. The highest BCUT2D eigenvalue weighted by Crippen LogP contribution is 2.59. The van der Waals surface area contributed by atoms with Crippen molar-refractivity contribution in [3.8, 4) is 0 Å². The molecule has 0 aromatic heterocycles. The molecule has 0 amide bonds. The van der Waals surface area contributed by atoms with Gasteiger partial charge in [0.2, 0.25) is 0 Å². The van der Waals surface area contributed by atoms with Crippen molar-refractivity contribution in [3.63, 3.8) is 0 Å². The van der Waals surface area contributed by atoms with Gasteiger partial charge in [0, 0.05) is 0 Å². The molecular formula is C28H44O3. The zero-order valence-electron chi connectivity index (χ0n) is 20.3. The van der Waals surface area contributed by atoms with Crippen molar-refractivity contribution >= 4 is 0 Å². The van der Waals surface area contributed by atoms with Crippen LogP contribution in [0.3, 0.4) is 0 Å². The molecule has 0 radical (unpaired) electrons. The topological polar surface area (TPSA) is 60.7 Å². The van der Waals surface area contributed by atoms with Gasteiger partial charge in [-0.05, 0) is 101 Å². The number of aliphatic hydroxyl groups excluding tert-OH is 1. The van der Waals surface area contributed by atoms with E-state index in [4.69, 9.17) is 0 Å². The monoisotopic (exact) mass is 428 g/mol. The lowest BCUT2D eigenvalue weighted by molar-refractivity contribution is -0.0886. The van der Waals surface area contributed by atoms with Crippen molar-refractivity contribution in [1.82, 2.24) is 0 Å². The van der Waals surface area contributed by atoms with Crippen LogP contribution in [0, 0.1) is 23.2 Å². The third-order valence-electron chi connectivity index (χ3n) is 8.82. The van der Waals surface area contributed by atoms with E-state index in [0.29, 0.717) is 17.8 Å². The lowest BCUT2D eigenvalue weighted by atomic mass is 9.61. The molecule has 0 saturated heterocycles. The summed E-state index contributed by atoms with van der Waals surface area (Å²) >= 11 is 0. The summed E-state index contributed by atoms with van der Waals surface area (Å²) in [6, 6.07) is 0. The van der Waals surface area contributed by atoms with Gasteiger partial charge in [-0.15, -0.1) is 0 Å². The third kappa shape index (κ3) is 5.10. The summed E-state index contributed by atoms with van der Waals surface area (Å²) in [6.45, 7) is 13.9. The molecule has 0 bridgehead atoms. The number of hydrogen-bond acceptors (Lipinski definition) is 3. The molecule has 3 heteroatoms. The molecule has 3 rings (SSSR count). The summed E-state index contributed by atoms with van der Waals surface area (Å²) in [5, 5.41) is 30.9. The van der Waals surface area contributed by atoms with Crippen LogP contribution in [0.5, 0.6) is 0 Å². The third-order valence-corrected chi connectivity index (χ3v) is 8.82. The fourth-order valence-corrected chi connectivity index (χ4v) is 6.22. The Morgan fingerprint density at radius 3 is 2.48 bits per heavy atom. The maximum Gasteiger partial charge on any atom is 0.108 e. The second-order valence-corrected chi connectivity index (χ2v) is 11.5. The van der Waals surface area contributed by atoms with Gasteiger partial charge in [0.15, 0.2) is 0 Å². The van der Waals surface area contributed by atoms with Crippen molar-refractivity contribution < 1.29 is 15.3 Å². The first-order valence-electron chi connectivity index (χ1n) is 12.2. The molecule has 3 aliphatic rings. The van der Waals surface area contributed by atoms with E-state index in [1.807, 2.05) is 0 Å². The van der Waals surface area contributed by atoms with Crippen LogP contribution in [0.2, 0.25) is 0 Å². The first-order chi connectivity index (χ1) is 14.3. The van der Waals surface area contributed by atoms with Gasteiger partial charge in [-0.1, -0.05) is 55.9 Å². The van der Waals surface area contributed by atoms with Gasteiger partial charge in [-0.25, -0.2) is 0 Å². The summed E-state index contributed by atoms with van der Waals surface area (Å²) in [5.41, 5.74) is 1.83. The minimum absolute atomic E-state index is 0.226. The summed E-state index contributed by atoms with van der Waals surface area (Å²) in [6.07, 6.45) is 16.8. The molecule has 0 aliphatic heterocycles. The molecular weight excluding hydrogens is 384 g/mol. The Balaban J connectivity index is 1.77. The van der Waals surface area contributed by atoms with E-state index in [1.165, 1.54) is 43.3 Å². The lowest BCUT2D eigenvalue weighted by Gasteiger charge is -2.44. The van der Waals surface area contributed by atoms with Crippen LogP contribution in [0.15, 0.2) is 47.6 Å². The van der Waals surface area contributed by atoms with Crippen molar-refractivity contribution in [2.45, 2.75) is 103 Å². The van der Waals surface area contributed by atoms with Gasteiger partial charge in [0.1, 0.15) is 5.60 Å². The smallest absolute Gasteiger partial charge is 0.108 e. The van der Waals surface area contributed by atoms with Crippen LogP contribution in [0.1, 0.15) is 86.0 Å². The van der Waals surface area contributed by atoms with Gasteiger partial charge in [-0.2, -0.15) is 0 Å². The van der Waals surface area contributed by atoms with Gasteiger partial charge in [-0.3, -0.25) is 0 Å². The zero-order valence-corrected chi connectivity index (χ0v) is 20.3. The zero-order chi connectivity index (χ0) is 23.0. The van der Waals surface area contributed by atoms with Gasteiger partial charge >= 0.3 is 0 Å². The largest absolute Gasteiger partial charge is 0.393 e. The highest BCUT2D eigenvalue weighted by atomic mass is 16.3. The van der Waals surface area contributed by atoms with Crippen molar-refractivity contribution in [2.24, 2.45) is 23.2 Å². The van der Waals surface area contributed by atoms with E-state index in [9.17, 15) is 15.3 Å². The van der Waals surface area contributed by atoms with E-state index in [0.717, 1.165) is 19.3 Å². The summed E-state index contributed by atoms with van der Waals surface area (Å²) in [7, 11) is 0. The highest BCUT2D eigenvalue weighted by molar-refractivity contribution is 5.36. The maximum absolute atomic E-state index is 10.6. The van der Waals surface area contributed by atoms with Crippen LogP contribution in [-0.4, -0.2) is 32.6 Å². The SMILES string of the molecule is C=C1CC[C@H](O)C/C1=C/C=C1\CCC[C@]2(C)[C@@H]([C@H](C)/C=C/[C@@](C)(O)C(C)(C)O)CC[C@@H]12. The molecule has 174 valence electrons. The molecule has 3 aliphatic carbocycles. The molecule has 0 spiro atoms. The van der Waals surface area contributed by atoms with Crippen molar-refractivity contribution in [1.29, 1.82) is 0 Å². The molecule has 0 aromatic carbocycles. The van der Waals surface area contributed by atoms with Crippen LogP contribution in [0.25, 0.3) is 0 Å². The van der Waals surface area contributed by atoms with E-state index < -0.39 is 11.2 Å². The van der Waals surface area contributed by atoms with Crippen LogP contribution in [-0.2, 0) is 0 Å². The number of aliphatic hydroxyl groups is 3. The molecule has 3 N–H and O–H groups in total. The standard InChI is InChI=1S/C28H44O3/c1-19-9-12-23(29)18-22(19)11-10-21-8-7-16-27(5)24(13-14-25(21)27)20(2)15-17-28(6,31)26(3,4)30/h10-11,15,17,20,23-25,29-31H,1,7-9,12-14,16,18H2,2-6H3/b17-15+,21-10+,22-11-/t20-,23+,24-,25+,27-,28-/m1/s1. The first kappa shape index (κ1) is 24.5. The summed E-state index contributed by atoms with van der Waals surface area (Å²) in [5.74, 6) is 1.54. The Morgan fingerprint density at radius 1 is 1.10 bits per heavy atom. The predicted molar refractivity (Wildman–Crippen MR) is 129 cm³/mol. The average molecular weight is 429 g/mol. The first-order valence-corrected chi connectivity index (χ1v) is 12.2. The van der Waals surface area contributed by atoms with Crippen LogP contribution >= 0.6 is 0 Å². The van der Waals surface area contributed by atoms with Crippen molar-refractivity contribution in [3.05, 3.63) is 47.6 Å². The molecule has 0 aromatic rings. The molecule has 3 nitrogen and oxygen atoms in total. The minimum Gasteiger partial charge on any atom is -0.393 e. The Labute approximate surface area is 189 Å². The van der Waals surface area contributed by atoms with E-state index in [2.05, 4.69) is 38.7 Å². The second-order valence-electron chi connectivity index (χ2n) is 11.5. The Morgan fingerprint density at radius 2 is 1.81 bits per heavy atom. The maximum atomic E-state index is 10.6. The fourth-order valence-electron chi connectivity index (χ4n) is 6.22. The predicted octanol–water partition coefficient (Wildman–Crippen LogP) is 5.87. The quantitative estimate of drug-likeness (QED) is 0.480. The number of fused-ring (bicyclic) bond motifs is 1. The summed E-state index contributed by atoms with van der Waals surface area (Å²) in [4.78, 5) is 0. The number of hydrogen-bond donors (Lipinski definition) is 3. The fraction of sp³-hybridized carbons (Fsp3) is 0.714. The van der Waals surface area contributed by atoms with E-state index in [-0.39, 0.29) is 11.5 Å². The Kier molecular flexibility index (Phi) is 7.11. The van der Waals surface area contributed by atoms with Gasteiger partial charge in [0.05, 0.1) is 11.7 Å². The Bertz CT molecular complexity index is 764. The molecule has 0 heterocycles. The molecule has 6 atom stereocenters. The molecule has 3 fully saturated rings. The second kappa shape index (κ2) is 9.00. The normalized spacial score (nSPS) is 37.9. The molecule has 3 saturated carbocycles. The number of allylic oxidation sites excluding steroid dienone is 5. The summed E-state index contributed by atoms with van der Waals surface area (Å²) < 4.78 is 0. The van der Waals surface area contributed by atoms with E-state index >= 15 is 0 Å². The molecule has 31 heavy (non-hydrogen) atoms. The van der Waals surface area contributed by atoms with E-state index in [1.54, 1.807) is 32.4 Å². The van der Waals surface area contributed by atoms with Gasteiger partial charge < -0.3 is 15.3 Å². The molecule has 0 unspecified atom stereocenters. The van der Waals surface area contributed by atoms with Gasteiger partial charge in [0.25, 0.3) is 0 Å². The average Bonchev–Trinajstić information content (AvgIpc) is 3.03. The number of rotatable bonds is 5. The minimum atomic E-state index is -1.24. The van der Waals surface area contributed by atoms with Crippen LogP contribution < -0.4 is 0 Å².